The van der Waals surface area contributed by atoms with Crippen molar-refractivity contribution in [3.63, 3.8) is 0 Å². The summed E-state index contributed by atoms with van der Waals surface area (Å²) < 4.78 is 11.4. The number of amides is 1. The lowest BCUT2D eigenvalue weighted by molar-refractivity contribution is 0.0997. The van der Waals surface area contributed by atoms with Crippen molar-refractivity contribution in [3.05, 3.63) is 77.9 Å². The van der Waals surface area contributed by atoms with Gasteiger partial charge in [-0.05, 0) is 60.0 Å². The Labute approximate surface area is 173 Å². The summed E-state index contributed by atoms with van der Waals surface area (Å²) in [6, 6.07) is 12.9. The molecular weight excluding hydrogens is 380 g/mol. The number of fused-ring (bicyclic) bond motifs is 1. The van der Waals surface area contributed by atoms with Gasteiger partial charge in [-0.15, -0.1) is 0 Å². The Hall–Kier alpha value is -4.00. The number of hydrogen-bond donors (Lipinski definition) is 1. The summed E-state index contributed by atoms with van der Waals surface area (Å²) in [6.07, 6.45) is 5.06. The Morgan fingerprint density at radius 3 is 2.63 bits per heavy atom. The molecule has 0 aliphatic heterocycles. The number of aryl methyl sites for hydroxylation is 1. The van der Waals surface area contributed by atoms with E-state index in [1.54, 1.807) is 37.8 Å². The van der Waals surface area contributed by atoms with Crippen molar-refractivity contribution in [2.24, 2.45) is 5.73 Å². The van der Waals surface area contributed by atoms with Crippen molar-refractivity contribution in [1.29, 1.82) is 0 Å². The molecule has 0 radical (unpaired) electrons. The summed E-state index contributed by atoms with van der Waals surface area (Å²) in [5, 5.41) is 0.902. The summed E-state index contributed by atoms with van der Waals surface area (Å²) in [7, 11) is 1.58. The van der Waals surface area contributed by atoms with E-state index in [2.05, 4.69) is 15.0 Å². The van der Waals surface area contributed by atoms with Crippen molar-refractivity contribution in [2.75, 3.05) is 7.11 Å². The SMILES string of the molecule is COc1cc(-c2cc(OCc3ncccc3C(N)=O)c3c(C)ccnc3c2)ccn1. The number of carbonyl (C=O) groups excluding carboxylic acids is 1. The molecule has 0 atom stereocenters. The molecule has 0 saturated heterocycles. The zero-order valence-corrected chi connectivity index (χ0v) is 16.6. The van der Waals surface area contributed by atoms with Gasteiger partial charge in [0.2, 0.25) is 5.88 Å². The average molecular weight is 400 g/mol. The van der Waals surface area contributed by atoms with Crippen LogP contribution in [-0.4, -0.2) is 28.0 Å². The standard InChI is InChI=1S/C23H20N4O3/c1-14-5-8-26-18-10-16(15-6-9-27-21(12-15)29-2)11-20(22(14)18)30-13-19-17(23(24)28)4-3-7-25-19/h3-12H,13H2,1-2H3,(H2,24,28). The van der Waals surface area contributed by atoms with Gasteiger partial charge < -0.3 is 15.2 Å². The third-order valence-electron chi connectivity index (χ3n) is 4.81. The first kappa shape index (κ1) is 19.3. The molecule has 30 heavy (non-hydrogen) atoms. The van der Waals surface area contributed by atoms with Gasteiger partial charge in [0.15, 0.2) is 0 Å². The maximum atomic E-state index is 11.7. The van der Waals surface area contributed by atoms with Crippen molar-refractivity contribution in [1.82, 2.24) is 15.0 Å². The molecule has 0 aliphatic carbocycles. The van der Waals surface area contributed by atoms with E-state index in [0.29, 0.717) is 22.9 Å². The van der Waals surface area contributed by atoms with Crippen molar-refractivity contribution in [3.8, 4) is 22.8 Å². The highest BCUT2D eigenvalue weighted by atomic mass is 16.5. The fourth-order valence-corrected chi connectivity index (χ4v) is 3.32. The first-order valence-electron chi connectivity index (χ1n) is 9.33. The van der Waals surface area contributed by atoms with E-state index in [0.717, 1.165) is 27.6 Å². The first-order chi connectivity index (χ1) is 14.6. The Kier molecular flexibility index (Phi) is 5.26. The number of aromatic nitrogens is 3. The second-order valence-corrected chi connectivity index (χ2v) is 6.73. The highest BCUT2D eigenvalue weighted by Crippen LogP contribution is 2.34. The summed E-state index contributed by atoms with van der Waals surface area (Å²) in [5.41, 5.74) is 9.95. The van der Waals surface area contributed by atoms with Crippen LogP contribution in [0, 0.1) is 6.92 Å². The van der Waals surface area contributed by atoms with Crippen molar-refractivity contribution in [2.45, 2.75) is 13.5 Å². The van der Waals surface area contributed by atoms with Gasteiger partial charge in [-0.1, -0.05) is 0 Å². The molecule has 0 saturated carbocycles. The summed E-state index contributed by atoms with van der Waals surface area (Å²) in [6.45, 7) is 2.10. The Bertz CT molecular complexity index is 1240. The second-order valence-electron chi connectivity index (χ2n) is 6.73. The topological polar surface area (TPSA) is 100 Å². The number of pyridine rings is 3. The maximum Gasteiger partial charge on any atom is 0.250 e. The van der Waals surface area contributed by atoms with Crippen LogP contribution >= 0.6 is 0 Å². The van der Waals surface area contributed by atoms with Gasteiger partial charge in [-0.3, -0.25) is 14.8 Å². The molecule has 4 aromatic rings. The number of methoxy groups -OCH3 is 1. The van der Waals surface area contributed by atoms with Gasteiger partial charge in [0, 0.05) is 30.0 Å². The van der Waals surface area contributed by atoms with E-state index in [1.807, 2.05) is 37.3 Å². The predicted octanol–water partition coefficient (Wildman–Crippen LogP) is 3.69. The third-order valence-corrected chi connectivity index (χ3v) is 4.81. The quantitative estimate of drug-likeness (QED) is 0.530. The zero-order chi connectivity index (χ0) is 21.1. The number of rotatable bonds is 6. The first-order valence-corrected chi connectivity index (χ1v) is 9.33. The summed E-state index contributed by atoms with van der Waals surface area (Å²) in [4.78, 5) is 24.6. The molecule has 3 aromatic heterocycles. The number of benzene rings is 1. The lowest BCUT2D eigenvalue weighted by Crippen LogP contribution is -2.15. The van der Waals surface area contributed by atoms with Crippen LogP contribution in [0.15, 0.2) is 61.1 Å². The van der Waals surface area contributed by atoms with Gasteiger partial charge in [-0.25, -0.2) is 4.98 Å². The van der Waals surface area contributed by atoms with Crippen LogP contribution in [0.25, 0.3) is 22.0 Å². The Morgan fingerprint density at radius 1 is 1.00 bits per heavy atom. The molecule has 4 rings (SSSR count). The van der Waals surface area contributed by atoms with Crippen molar-refractivity contribution < 1.29 is 14.3 Å². The molecule has 150 valence electrons. The predicted molar refractivity (Wildman–Crippen MR) is 113 cm³/mol. The molecule has 1 aromatic carbocycles. The lowest BCUT2D eigenvalue weighted by atomic mass is 10.0. The highest BCUT2D eigenvalue weighted by molar-refractivity contribution is 5.94. The van der Waals surface area contributed by atoms with Crippen LogP contribution in [0.1, 0.15) is 21.6 Å². The number of carbonyl (C=O) groups is 1. The van der Waals surface area contributed by atoms with E-state index < -0.39 is 5.91 Å². The average Bonchev–Trinajstić information content (AvgIpc) is 2.77. The van der Waals surface area contributed by atoms with Gasteiger partial charge in [-0.2, -0.15) is 0 Å². The summed E-state index contributed by atoms with van der Waals surface area (Å²) >= 11 is 0. The van der Waals surface area contributed by atoms with Gasteiger partial charge in [0.25, 0.3) is 5.91 Å². The van der Waals surface area contributed by atoms with Crippen LogP contribution in [0.5, 0.6) is 11.6 Å². The molecular formula is C23H20N4O3. The van der Waals surface area contributed by atoms with Crippen molar-refractivity contribution >= 4 is 16.8 Å². The number of nitrogens with two attached hydrogens (primary N) is 1. The van der Waals surface area contributed by atoms with Gasteiger partial charge in [0.1, 0.15) is 12.4 Å². The molecule has 7 nitrogen and oxygen atoms in total. The number of nitrogens with zero attached hydrogens (tertiary/aromatic N) is 3. The Morgan fingerprint density at radius 2 is 1.83 bits per heavy atom. The molecule has 1 amide bonds. The van der Waals surface area contributed by atoms with Crippen LogP contribution in [0.3, 0.4) is 0 Å². The molecule has 0 unspecified atom stereocenters. The monoisotopic (exact) mass is 400 g/mol. The molecule has 3 heterocycles. The normalized spacial score (nSPS) is 10.7. The van der Waals surface area contributed by atoms with E-state index in [4.69, 9.17) is 15.2 Å². The van der Waals surface area contributed by atoms with Gasteiger partial charge >= 0.3 is 0 Å². The van der Waals surface area contributed by atoms with E-state index >= 15 is 0 Å². The zero-order valence-electron chi connectivity index (χ0n) is 16.6. The van der Waals surface area contributed by atoms with E-state index in [1.165, 1.54) is 0 Å². The smallest absolute Gasteiger partial charge is 0.250 e. The number of ether oxygens (including phenoxy) is 2. The molecule has 0 bridgehead atoms. The molecule has 7 heteroatoms. The Balaban J connectivity index is 1.79. The highest BCUT2D eigenvalue weighted by Gasteiger charge is 2.14. The van der Waals surface area contributed by atoms with Crippen LogP contribution in [0.4, 0.5) is 0 Å². The van der Waals surface area contributed by atoms with Crippen LogP contribution < -0.4 is 15.2 Å². The molecule has 0 fully saturated rings. The number of hydrogen-bond acceptors (Lipinski definition) is 6. The minimum atomic E-state index is -0.540. The maximum absolute atomic E-state index is 11.7. The third kappa shape index (κ3) is 3.77. The lowest BCUT2D eigenvalue weighted by Gasteiger charge is -2.14. The van der Waals surface area contributed by atoms with Crippen LogP contribution in [-0.2, 0) is 6.61 Å². The second kappa shape index (κ2) is 8.16. The van der Waals surface area contributed by atoms with E-state index in [9.17, 15) is 4.79 Å². The summed E-state index contributed by atoms with van der Waals surface area (Å²) in [5.74, 6) is 0.624. The minimum Gasteiger partial charge on any atom is -0.487 e. The molecule has 0 aliphatic rings. The van der Waals surface area contributed by atoms with Crippen LogP contribution in [0.2, 0.25) is 0 Å². The largest absolute Gasteiger partial charge is 0.487 e. The fourth-order valence-electron chi connectivity index (χ4n) is 3.32. The fraction of sp³-hybridized carbons (Fsp3) is 0.130. The number of primary amides is 1. The molecule has 2 N–H and O–H groups in total. The van der Waals surface area contributed by atoms with Gasteiger partial charge in [0.05, 0.1) is 23.9 Å². The molecule has 0 spiro atoms. The minimum absolute atomic E-state index is 0.103. The van der Waals surface area contributed by atoms with E-state index in [-0.39, 0.29) is 6.61 Å².